The fourth-order valence-corrected chi connectivity index (χ4v) is 2.54. The number of rotatable bonds is 4. The SMILES string of the molecule is CN1CCC(C)(CNCc2ccc(C#N)cc2)CC1. The van der Waals surface area contributed by atoms with E-state index < -0.39 is 0 Å². The van der Waals surface area contributed by atoms with Gasteiger partial charge in [-0.2, -0.15) is 5.26 Å². The molecule has 1 heterocycles. The van der Waals surface area contributed by atoms with Gasteiger partial charge in [0.25, 0.3) is 0 Å². The van der Waals surface area contributed by atoms with Gasteiger partial charge in [0.1, 0.15) is 0 Å². The van der Waals surface area contributed by atoms with Crippen LogP contribution in [0.5, 0.6) is 0 Å². The molecule has 1 aromatic carbocycles. The number of nitrogens with zero attached hydrogens (tertiary/aromatic N) is 2. The Bertz CT molecular complexity index is 436. The highest BCUT2D eigenvalue weighted by molar-refractivity contribution is 5.31. The summed E-state index contributed by atoms with van der Waals surface area (Å²) in [5.41, 5.74) is 2.40. The summed E-state index contributed by atoms with van der Waals surface area (Å²) in [5.74, 6) is 0. The van der Waals surface area contributed by atoms with Gasteiger partial charge in [0.05, 0.1) is 11.6 Å². The molecule has 102 valence electrons. The van der Waals surface area contributed by atoms with E-state index in [2.05, 4.69) is 30.3 Å². The third-order valence-electron chi connectivity index (χ3n) is 4.16. The molecule has 0 spiro atoms. The fraction of sp³-hybridized carbons (Fsp3) is 0.562. The molecular formula is C16H23N3. The van der Waals surface area contributed by atoms with E-state index in [1.54, 1.807) is 0 Å². The molecular weight excluding hydrogens is 234 g/mol. The molecule has 0 saturated carbocycles. The van der Waals surface area contributed by atoms with Gasteiger partial charge in [-0.05, 0) is 56.1 Å². The Hall–Kier alpha value is -1.37. The minimum Gasteiger partial charge on any atom is -0.312 e. The molecule has 1 N–H and O–H groups in total. The Morgan fingerprint density at radius 1 is 1.26 bits per heavy atom. The highest BCUT2D eigenvalue weighted by Gasteiger charge is 2.28. The van der Waals surface area contributed by atoms with E-state index in [0.29, 0.717) is 5.41 Å². The molecule has 0 aliphatic carbocycles. The minimum absolute atomic E-state index is 0.430. The van der Waals surface area contributed by atoms with Crippen LogP contribution < -0.4 is 5.32 Å². The van der Waals surface area contributed by atoms with Crippen molar-refractivity contribution in [1.29, 1.82) is 5.26 Å². The quantitative estimate of drug-likeness (QED) is 0.900. The molecule has 0 radical (unpaired) electrons. The zero-order chi connectivity index (χ0) is 13.7. The van der Waals surface area contributed by atoms with Crippen molar-refractivity contribution < 1.29 is 0 Å². The lowest BCUT2D eigenvalue weighted by atomic mass is 9.80. The summed E-state index contributed by atoms with van der Waals surface area (Å²) in [6, 6.07) is 9.97. The van der Waals surface area contributed by atoms with Gasteiger partial charge < -0.3 is 10.2 Å². The molecule has 0 unspecified atom stereocenters. The lowest BCUT2D eigenvalue weighted by Crippen LogP contribution is -2.41. The van der Waals surface area contributed by atoms with Gasteiger partial charge in [0.15, 0.2) is 0 Å². The number of hydrogen-bond acceptors (Lipinski definition) is 3. The normalized spacial score (nSPS) is 19.0. The van der Waals surface area contributed by atoms with Crippen LogP contribution in [-0.2, 0) is 6.54 Å². The standard InChI is InChI=1S/C16H23N3/c1-16(7-9-19(2)10-8-16)13-18-12-15-5-3-14(11-17)4-6-15/h3-6,18H,7-10,12-13H2,1-2H3. The highest BCUT2D eigenvalue weighted by Crippen LogP contribution is 2.29. The van der Waals surface area contributed by atoms with Crippen molar-refractivity contribution in [2.75, 3.05) is 26.7 Å². The van der Waals surface area contributed by atoms with Gasteiger partial charge >= 0.3 is 0 Å². The third kappa shape index (κ3) is 4.05. The average molecular weight is 257 g/mol. The third-order valence-corrected chi connectivity index (χ3v) is 4.16. The second-order valence-electron chi connectivity index (χ2n) is 6.03. The first-order valence-electron chi connectivity index (χ1n) is 7.00. The molecule has 0 aromatic heterocycles. The number of benzene rings is 1. The summed E-state index contributed by atoms with van der Waals surface area (Å²) in [7, 11) is 2.20. The molecule has 0 amide bonds. The van der Waals surface area contributed by atoms with Crippen molar-refractivity contribution >= 4 is 0 Å². The van der Waals surface area contributed by atoms with Crippen molar-refractivity contribution in [3.8, 4) is 6.07 Å². The van der Waals surface area contributed by atoms with Crippen LogP contribution in [0.25, 0.3) is 0 Å². The van der Waals surface area contributed by atoms with E-state index >= 15 is 0 Å². The molecule has 3 nitrogen and oxygen atoms in total. The first-order chi connectivity index (χ1) is 9.11. The predicted octanol–water partition coefficient (Wildman–Crippen LogP) is 2.38. The first kappa shape index (κ1) is 14.0. The molecule has 1 aromatic rings. The van der Waals surface area contributed by atoms with Crippen molar-refractivity contribution in [3.63, 3.8) is 0 Å². The topological polar surface area (TPSA) is 39.1 Å². The second kappa shape index (κ2) is 6.18. The van der Waals surface area contributed by atoms with Crippen LogP contribution in [0.3, 0.4) is 0 Å². The van der Waals surface area contributed by atoms with Crippen molar-refractivity contribution in [3.05, 3.63) is 35.4 Å². The largest absolute Gasteiger partial charge is 0.312 e. The van der Waals surface area contributed by atoms with Gasteiger partial charge in [-0.25, -0.2) is 0 Å². The summed E-state index contributed by atoms with van der Waals surface area (Å²) < 4.78 is 0. The Morgan fingerprint density at radius 3 is 2.47 bits per heavy atom. The highest BCUT2D eigenvalue weighted by atomic mass is 15.1. The smallest absolute Gasteiger partial charge is 0.0991 e. The maximum Gasteiger partial charge on any atom is 0.0991 e. The van der Waals surface area contributed by atoms with Crippen LogP contribution >= 0.6 is 0 Å². The second-order valence-corrected chi connectivity index (χ2v) is 6.03. The van der Waals surface area contributed by atoms with E-state index in [1.807, 2.05) is 24.3 Å². The zero-order valence-corrected chi connectivity index (χ0v) is 11.9. The van der Waals surface area contributed by atoms with Crippen molar-refractivity contribution in [2.24, 2.45) is 5.41 Å². The molecule has 1 saturated heterocycles. The molecule has 19 heavy (non-hydrogen) atoms. The summed E-state index contributed by atoms with van der Waals surface area (Å²) in [5, 5.41) is 12.3. The van der Waals surface area contributed by atoms with Crippen LogP contribution in [0, 0.1) is 16.7 Å². The monoisotopic (exact) mass is 257 g/mol. The lowest BCUT2D eigenvalue weighted by molar-refractivity contribution is 0.137. The number of nitriles is 1. The fourth-order valence-electron chi connectivity index (χ4n) is 2.54. The van der Waals surface area contributed by atoms with E-state index in [1.165, 1.54) is 31.5 Å². The Morgan fingerprint density at radius 2 is 1.89 bits per heavy atom. The van der Waals surface area contributed by atoms with Crippen LogP contribution in [-0.4, -0.2) is 31.6 Å². The first-order valence-corrected chi connectivity index (χ1v) is 7.00. The van der Waals surface area contributed by atoms with Gasteiger partial charge in [0.2, 0.25) is 0 Å². The number of likely N-dealkylation sites (tertiary alicyclic amines) is 1. The number of hydrogen-bond donors (Lipinski definition) is 1. The molecule has 1 aliphatic rings. The molecule has 1 aliphatic heterocycles. The summed E-state index contributed by atoms with van der Waals surface area (Å²) in [4.78, 5) is 2.41. The van der Waals surface area contributed by atoms with Gasteiger partial charge in [-0.1, -0.05) is 19.1 Å². The van der Waals surface area contributed by atoms with E-state index in [9.17, 15) is 0 Å². The van der Waals surface area contributed by atoms with Gasteiger partial charge in [-0.15, -0.1) is 0 Å². The number of piperidine rings is 1. The summed E-state index contributed by atoms with van der Waals surface area (Å²) in [6.07, 6.45) is 2.54. The van der Waals surface area contributed by atoms with Crippen LogP contribution in [0.1, 0.15) is 30.9 Å². The summed E-state index contributed by atoms with van der Waals surface area (Å²) >= 11 is 0. The summed E-state index contributed by atoms with van der Waals surface area (Å²) in [6.45, 7) is 6.74. The zero-order valence-electron chi connectivity index (χ0n) is 11.9. The maximum atomic E-state index is 8.76. The molecule has 0 atom stereocenters. The molecule has 2 rings (SSSR count). The van der Waals surface area contributed by atoms with Gasteiger partial charge in [-0.3, -0.25) is 0 Å². The van der Waals surface area contributed by atoms with Crippen LogP contribution in [0.2, 0.25) is 0 Å². The van der Waals surface area contributed by atoms with Crippen LogP contribution in [0.4, 0.5) is 0 Å². The minimum atomic E-state index is 0.430. The number of nitrogens with one attached hydrogen (secondary N) is 1. The van der Waals surface area contributed by atoms with Crippen molar-refractivity contribution in [2.45, 2.75) is 26.3 Å². The Labute approximate surface area is 116 Å². The average Bonchev–Trinajstić information content (AvgIpc) is 2.43. The van der Waals surface area contributed by atoms with E-state index in [4.69, 9.17) is 5.26 Å². The predicted molar refractivity (Wildman–Crippen MR) is 77.7 cm³/mol. The Kier molecular flexibility index (Phi) is 4.57. The van der Waals surface area contributed by atoms with Crippen LogP contribution in [0.15, 0.2) is 24.3 Å². The lowest BCUT2D eigenvalue weighted by Gasteiger charge is -2.38. The van der Waals surface area contributed by atoms with Gasteiger partial charge in [0, 0.05) is 13.1 Å². The maximum absolute atomic E-state index is 8.76. The van der Waals surface area contributed by atoms with Crippen molar-refractivity contribution in [1.82, 2.24) is 10.2 Å². The Balaban J connectivity index is 1.78. The molecule has 1 fully saturated rings. The van der Waals surface area contributed by atoms with E-state index in [-0.39, 0.29) is 0 Å². The molecule has 0 bridgehead atoms. The van der Waals surface area contributed by atoms with E-state index in [0.717, 1.165) is 18.7 Å². The molecule has 3 heteroatoms.